The molecule has 0 atom stereocenters. The van der Waals surface area contributed by atoms with Gasteiger partial charge in [-0.25, -0.2) is 0 Å². The zero-order valence-electron chi connectivity index (χ0n) is 23.8. The lowest BCUT2D eigenvalue weighted by molar-refractivity contribution is -0.167. The molecule has 0 aromatic carbocycles. The highest BCUT2D eigenvalue weighted by atomic mass is 16.6. The molecule has 0 heterocycles. The Balaban J connectivity index is 3.96. The van der Waals surface area contributed by atoms with Crippen LogP contribution < -0.4 is 0 Å². The predicted octanol–water partition coefficient (Wildman–Crippen LogP) is 9.50. The maximum Gasteiger partial charge on any atom is 0.327 e. The van der Waals surface area contributed by atoms with Crippen molar-refractivity contribution in [2.45, 2.75) is 156 Å². The first kappa shape index (κ1) is 33.7. The topological polar surface area (TPSA) is 52.6 Å². The summed E-state index contributed by atoms with van der Waals surface area (Å²) in [7, 11) is 0. The highest BCUT2D eigenvalue weighted by Gasteiger charge is 2.41. The van der Waals surface area contributed by atoms with Crippen LogP contribution in [0, 0.1) is 5.41 Å². The lowest BCUT2D eigenvalue weighted by atomic mass is 9.90. The summed E-state index contributed by atoms with van der Waals surface area (Å²) < 4.78 is 10.9. The molecule has 0 bridgehead atoms. The Labute approximate surface area is 218 Å². The van der Waals surface area contributed by atoms with Gasteiger partial charge in [0.1, 0.15) is 0 Å². The van der Waals surface area contributed by atoms with E-state index < -0.39 is 17.4 Å². The van der Waals surface area contributed by atoms with E-state index in [0.717, 1.165) is 25.7 Å². The number of esters is 2. The highest BCUT2D eigenvalue weighted by molar-refractivity contribution is 6.01. The van der Waals surface area contributed by atoms with Gasteiger partial charge >= 0.3 is 11.9 Å². The van der Waals surface area contributed by atoms with Crippen molar-refractivity contribution < 1.29 is 19.1 Å². The van der Waals surface area contributed by atoms with E-state index in [4.69, 9.17) is 9.47 Å². The van der Waals surface area contributed by atoms with E-state index in [9.17, 15) is 9.59 Å². The van der Waals surface area contributed by atoms with E-state index in [1.165, 1.54) is 103 Å². The van der Waals surface area contributed by atoms with Crippen LogP contribution in [0.1, 0.15) is 156 Å². The van der Waals surface area contributed by atoms with Gasteiger partial charge in [0.05, 0.1) is 13.2 Å². The van der Waals surface area contributed by atoms with Crippen LogP contribution in [0.25, 0.3) is 0 Å². The summed E-state index contributed by atoms with van der Waals surface area (Å²) in [6, 6.07) is 0. The van der Waals surface area contributed by atoms with Crippen LogP contribution in [0.2, 0.25) is 0 Å². The number of unbranched alkanes of at least 4 members (excludes halogenated alkanes) is 18. The van der Waals surface area contributed by atoms with Crippen LogP contribution in [0.5, 0.6) is 0 Å². The zero-order valence-corrected chi connectivity index (χ0v) is 23.8. The Kier molecular flexibility index (Phi) is 23.5. The van der Waals surface area contributed by atoms with Crippen LogP contribution in [0.15, 0.2) is 12.2 Å². The smallest absolute Gasteiger partial charge is 0.327 e. The van der Waals surface area contributed by atoms with Crippen molar-refractivity contribution in [2.24, 2.45) is 5.41 Å². The minimum atomic E-state index is -1.36. The van der Waals surface area contributed by atoms with Crippen molar-refractivity contribution in [3.63, 3.8) is 0 Å². The Morgan fingerprint density at radius 1 is 0.543 bits per heavy atom. The van der Waals surface area contributed by atoms with Crippen LogP contribution in [-0.2, 0) is 19.1 Å². The molecule has 0 rings (SSSR count). The number of carbonyl (C=O) groups excluding carboxylic acids is 2. The van der Waals surface area contributed by atoms with E-state index in [-0.39, 0.29) is 0 Å². The lowest BCUT2D eigenvalue weighted by Crippen LogP contribution is -2.38. The minimum absolute atomic E-state index is 0.369. The molecule has 206 valence electrons. The lowest BCUT2D eigenvalue weighted by Gasteiger charge is -2.22. The van der Waals surface area contributed by atoms with Crippen LogP contribution in [-0.4, -0.2) is 25.2 Å². The van der Waals surface area contributed by atoms with E-state index >= 15 is 0 Å². The van der Waals surface area contributed by atoms with Crippen molar-refractivity contribution in [1.29, 1.82) is 0 Å². The van der Waals surface area contributed by atoms with Gasteiger partial charge in [0.25, 0.3) is 0 Å². The average Bonchev–Trinajstić information content (AvgIpc) is 2.85. The molecule has 4 nitrogen and oxygen atoms in total. The molecule has 4 heteroatoms. The molecule has 0 aliphatic heterocycles. The zero-order chi connectivity index (χ0) is 26.0. The molecule has 0 radical (unpaired) electrons. The Morgan fingerprint density at radius 3 is 1.11 bits per heavy atom. The number of rotatable bonds is 25. The fourth-order valence-corrected chi connectivity index (χ4v) is 4.36. The van der Waals surface area contributed by atoms with Crippen molar-refractivity contribution in [3.8, 4) is 0 Å². The number of ether oxygens (including phenoxy) is 2. The fourth-order valence-electron chi connectivity index (χ4n) is 4.36. The molecule has 0 spiro atoms. The van der Waals surface area contributed by atoms with Crippen molar-refractivity contribution in [3.05, 3.63) is 12.2 Å². The van der Waals surface area contributed by atoms with E-state index in [1.807, 2.05) is 6.92 Å². The number of carbonyl (C=O) groups is 2. The van der Waals surface area contributed by atoms with Gasteiger partial charge in [0.2, 0.25) is 0 Å². The molecule has 0 unspecified atom stereocenters. The van der Waals surface area contributed by atoms with Crippen molar-refractivity contribution in [1.82, 2.24) is 0 Å². The van der Waals surface area contributed by atoms with Gasteiger partial charge in [0.15, 0.2) is 5.41 Å². The van der Waals surface area contributed by atoms with Crippen molar-refractivity contribution >= 4 is 11.9 Å². The van der Waals surface area contributed by atoms with Crippen LogP contribution in [0.3, 0.4) is 0 Å². The number of hydrogen-bond donors (Lipinski definition) is 0. The first-order valence-corrected chi connectivity index (χ1v) is 15.0. The molecule has 0 amide bonds. The highest BCUT2D eigenvalue weighted by Crippen LogP contribution is 2.24. The Bertz CT molecular complexity index is 488. The van der Waals surface area contributed by atoms with Gasteiger partial charge in [-0.05, 0) is 26.7 Å². The van der Waals surface area contributed by atoms with Crippen LogP contribution in [0.4, 0.5) is 0 Å². The maximum atomic E-state index is 12.7. The second-order valence-corrected chi connectivity index (χ2v) is 10.3. The summed E-state index contributed by atoms with van der Waals surface area (Å²) >= 11 is 0. The second kappa shape index (κ2) is 24.4. The summed E-state index contributed by atoms with van der Waals surface area (Å²) in [6.07, 6.45) is 28.0. The van der Waals surface area contributed by atoms with Gasteiger partial charge < -0.3 is 9.47 Å². The molecular weight excluding hydrogens is 436 g/mol. The monoisotopic (exact) mass is 494 g/mol. The summed E-state index contributed by atoms with van der Waals surface area (Å²) in [5, 5.41) is 0. The Hall–Kier alpha value is -1.32. The molecule has 0 saturated carbocycles. The third kappa shape index (κ3) is 18.6. The van der Waals surface area contributed by atoms with Gasteiger partial charge in [-0.2, -0.15) is 0 Å². The number of hydrogen-bond acceptors (Lipinski definition) is 4. The quantitative estimate of drug-likeness (QED) is 0.0548. The molecule has 0 aromatic rings. The summed E-state index contributed by atoms with van der Waals surface area (Å²) in [6.45, 7) is 8.65. The molecule has 0 N–H and O–H groups in total. The van der Waals surface area contributed by atoms with Gasteiger partial charge in [-0.3, -0.25) is 9.59 Å². The molecule has 35 heavy (non-hydrogen) atoms. The Morgan fingerprint density at radius 2 is 0.829 bits per heavy atom. The molecule has 0 aliphatic carbocycles. The molecule has 0 saturated heterocycles. The second-order valence-electron chi connectivity index (χ2n) is 10.3. The number of allylic oxidation sites excluding steroid dienone is 1. The van der Waals surface area contributed by atoms with E-state index in [2.05, 4.69) is 13.8 Å². The third-order valence-electron chi connectivity index (χ3n) is 6.81. The minimum Gasteiger partial charge on any atom is -0.465 e. The first-order valence-electron chi connectivity index (χ1n) is 15.0. The van der Waals surface area contributed by atoms with Crippen LogP contribution >= 0.6 is 0 Å². The van der Waals surface area contributed by atoms with Gasteiger partial charge in [0, 0.05) is 0 Å². The van der Waals surface area contributed by atoms with E-state index in [0.29, 0.717) is 13.2 Å². The summed E-state index contributed by atoms with van der Waals surface area (Å²) in [5.41, 5.74) is -1.36. The first-order chi connectivity index (χ1) is 17.0. The predicted molar refractivity (Wildman–Crippen MR) is 149 cm³/mol. The summed E-state index contributed by atoms with van der Waals surface area (Å²) in [4.78, 5) is 25.4. The fraction of sp³-hybridized carbons (Fsp3) is 0.871. The van der Waals surface area contributed by atoms with Gasteiger partial charge in [-0.1, -0.05) is 142 Å². The standard InChI is InChI=1S/C31H58O4/c1-5-8-10-12-14-16-18-20-22-24-27-34-29(32)31(4,26-7-3)30(33)35-28-25-23-21-19-17-15-13-11-9-6-2/h7,26H,5-6,8-25,27-28H2,1-4H3. The largest absolute Gasteiger partial charge is 0.465 e. The SMILES string of the molecule is CC=CC(C)(C(=O)OCCCCCCCCCCCC)C(=O)OCCCCCCCCCCCC. The van der Waals surface area contributed by atoms with Crippen molar-refractivity contribution in [2.75, 3.05) is 13.2 Å². The third-order valence-corrected chi connectivity index (χ3v) is 6.81. The summed E-state index contributed by atoms with van der Waals surface area (Å²) in [5.74, 6) is -1.00. The average molecular weight is 495 g/mol. The normalized spacial score (nSPS) is 11.8. The van der Waals surface area contributed by atoms with E-state index in [1.54, 1.807) is 19.1 Å². The molecule has 0 aliphatic rings. The molecular formula is C31H58O4. The maximum absolute atomic E-state index is 12.7. The molecule has 0 aromatic heterocycles. The van der Waals surface area contributed by atoms with Gasteiger partial charge in [-0.15, -0.1) is 0 Å². The molecule has 0 fully saturated rings.